The molecule has 2 N–H and O–H groups in total. The summed E-state index contributed by atoms with van der Waals surface area (Å²) in [4.78, 5) is 35.3. The van der Waals surface area contributed by atoms with Crippen molar-refractivity contribution in [3.8, 4) is 0 Å². The molecule has 0 heterocycles. The SMILES string of the molecule is CCCC(=O)N(CC(C)C(=O)O)c1ccc(CC(=O)O)cc1. The van der Waals surface area contributed by atoms with Gasteiger partial charge in [-0.2, -0.15) is 0 Å². The summed E-state index contributed by atoms with van der Waals surface area (Å²) in [5.41, 5.74) is 1.21. The molecule has 1 atom stereocenters. The zero-order chi connectivity index (χ0) is 16.7. The lowest BCUT2D eigenvalue weighted by molar-refractivity contribution is -0.141. The van der Waals surface area contributed by atoms with Gasteiger partial charge in [-0.15, -0.1) is 0 Å². The van der Waals surface area contributed by atoms with Crippen molar-refractivity contribution in [2.45, 2.75) is 33.1 Å². The van der Waals surface area contributed by atoms with E-state index in [-0.39, 0.29) is 18.9 Å². The third kappa shape index (κ3) is 5.20. The number of carboxylic acids is 2. The van der Waals surface area contributed by atoms with E-state index < -0.39 is 17.9 Å². The molecule has 120 valence electrons. The van der Waals surface area contributed by atoms with Gasteiger partial charge in [-0.05, 0) is 24.1 Å². The molecular weight excluding hydrogens is 286 g/mol. The minimum atomic E-state index is -0.961. The fourth-order valence-corrected chi connectivity index (χ4v) is 2.02. The number of anilines is 1. The molecule has 6 heteroatoms. The number of nitrogens with zero attached hydrogens (tertiary/aromatic N) is 1. The highest BCUT2D eigenvalue weighted by atomic mass is 16.4. The van der Waals surface area contributed by atoms with Gasteiger partial charge in [-0.25, -0.2) is 0 Å². The van der Waals surface area contributed by atoms with Gasteiger partial charge in [0, 0.05) is 18.7 Å². The highest BCUT2D eigenvalue weighted by molar-refractivity contribution is 5.94. The topological polar surface area (TPSA) is 94.9 Å². The predicted molar refractivity (Wildman–Crippen MR) is 81.8 cm³/mol. The standard InChI is InChI=1S/C16H21NO5/c1-3-4-14(18)17(10-11(2)16(21)22)13-7-5-12(6-8-13)9-15(19)20/h5-8,11H,3-4,9-10H2,1-2H3,(H,19,20)(H,21,22). The van der Waals surface area contributed by atoms with Gasteiger partial charge >= 0.3 is 11.9 Å². The lowest BCUT2D eigenvalue weighted by Crippen LogP contribution is -2.36. The monoisotopic (exact) mass is 307 g/mol. The van der Waals surface area contributed by atoms with Crippen LogP contribution in [0.2, 0.25) is 0 Å². The van der Waals surface area contributed by atoms with Crippen LogP contribution in [-0.4, -0.2) is 34.6 Å². The summed E-state index contributed by atoms with van der Waals surface area (Å²) < 4.78 is 0. The van der Waals surface area contributed by atoms with Crippen molar-refractivity contribution in [2.24, 2.45) is 5.92 Å². The minimum absolute atomic E-state index is 0.0886. The maximum Gasteiger partial charge on any atom is 0.308 e. The maximum absolute atomic E-state index is 12.2. The van der Waals surface area contributed by atoms with Crippen molar-refractivity contribution in [1.82, 2.24) is 0 Å². The summed E-state index contributed by atoms with van der Waals surface area (Å²) >= 11 is 0. The quantitative estimate of drug-likeness (QED) is 0.767. The van der Waals surface area contributed by atoms with Crippen molar-refractivity contribution >= 4 is 23.5 Å². The minimum Gasteiger partial charge on any atom is -0.481 e. The van der Waals surface area contributed by atoms with Crippen molar-refractivity contribution in [1.29, 1.82) is 0 Å². The van der Waals surface area contributed by atoms with Gasteiger partial charge < -0.3 is 15.1 Å². The summed E-state index contributed by atoms with van der Waals surface area (Å²) in [6, 6.07) is 6.59. The van der Waals surface area contributed by atoms with E-state index in [4.69, 9.17) is 10.2 Å². The molecule has 0 fully saturated rings. The van der Waals surface area contributed by atoms with E-state index in [2.05, 4.69) is 0 Å². The second kappa shape index (κ2) is 8.17. The highest BCUT2D eigenvalue weighted by Gasteiger charge is 2.21. The molecule has 0 radical (unpaired) electrons. The number of aliphatic carboxylic acids is 2. The third-order valence-electron chi connectivity index (χ3n) is 3.25. The Balaban J connectivity index is 2.96. The molecule has 0 aromatic heterocycles. The summed E-state index contributed by atoms with van der Waals surface area (Å²) in [7, 11) is 0. The number of hydrogen-bond acceptors (Lipinski definition) is 3. The number of carbonyl (C=O) groups excluding carboxylic acids is 1. The second-order valence-corrected chi connectivity index (χ2v) is 5.23. The normalized spacial score (nSPS) is 11.7. The number of carbonyl (C=O) groups is 3. The van der Waals surface area contributed by atoms with E-state index in [1.807, 2.05) is 6.92 Å². The van der Waals surface area contributed by atoms with Crippen molar-refractivity contribution in [3.05, 3.63) is 29.8 Å². The van der Waals surface area contributed by atoms with Crippen LogP contribution >= 0.6 is 0 Å². The molecule has 0 bridgehead atoms. The number of carboxylic acid groups (broad SMARTS) is 2. The molecule has 1 unspecified atom stereocenters. The van der Waals surface area contributed by atoms with E-state index in [0.29, 0.717) is 24.1 Å². The molecule has 0 aliphatic carbocycles. The average molecular weight is 307 g/mol. The summed E-state index contributed by atoms with van der Waals surface area (Å²) in [5, 5.41) is 17.8. The van der Waals surface area contributed by atoms with Gasteiger partial charge in [0.15, 0.2) is 0 Å². The number of benzene rings is 1. The van der Waals surface area contributed by atoms with Gasteiger partial charge in [-0.3, -0.25) is 14.4 Å². The Morgan fingerprint density at radius 1 is 1.14 bits per heavy atom. The van der Waals surface area contributed by atoms with Crippen molar-refractivity contribution in [3.63, 3.8) is 0 Å². The molecule has 1 amide bonds. The van der Waals surface area contributed by atoms with Crippen LogP contribution in [0.1, 0.15) is 32.3 Å². The van der Waals surface area contributed by atoms with Gasteiger partial charge in [0.25, 0.3) is 0 Å². The van der Waals surface area contributed by atoms with E-state index in [0.717, 1.165) is 0 Å². The van der Waals surface area contributed by atoms with Crippen LogP contribution in [0.3, 0.4) is 0 Å². The van der Waals surface area contributed by atoms with Crippen LogP contribution in [0.5, 0.6) is 0 Å². The Labute approximate surface area is 129 Å². The molecule has 1 aromatic rings. The number of rotatable bonds is 8. The van der Waals surface area contributed by atoms with Gasteiger partial charge in [0.1, 0.15) is 0 Å². The maximum atomic E-state index is 12.2. The Hall–Kier alpha value is -2.37. The van der Waals surface area contributed by atoms with Crippen LogP contribution in [0, 0.1) is 5.92 Å². The van der Waals surface area contributed by atoms with Crippen LogP contribution in [-0.2, 0) is 20.8 Å². The molecular formula is C16H21NO5. The zero-order valence-corrected chi connectivity index (χ0v) is 12.8. The zero-order valence-electron chi connectivity index (χ0n) is 12.8. The van der Waals surface area contributed by atoms with Crippen LogP contribution < -0.4 is 4.90 Å². The molecule has 0 aliphatic heterocycles. The van der Waals surface area contributed by atoms with E-state index in [1.54, 1.807) is 31.2 Å². The molecule has 0 saturated carbocycles. The van der Waals surface area contributed by atoms with Gasteiger partial charge in [-0.1, -0.05) is 26.0 Å². The lowest BCUT2D eigenvalue weighted by atomic mass is 10.1. The molecule has 0 spiro atoms. The summed E-state index contributed by atoms with van der Waals surface area (Å²) in [6.45, 7) is 3.52. The van der Waals surface area contributed by atoms with E-state index >= 15 is 0 Å². The largest absolute Gasteiger partial charge is 0.481 e. The predicted octanol–water partition coefficient (Wildman–Crippen LogP) is 2.17. The molecule has 22 heavy (non-hydrogen) atoms. The molecule has 6 nitrogen and oxygen atoms in total. The first-order valence-corrected chi connectivity index (χ1v) is 7.19. The Kier molecular flexibility index (Phi) is 6.56. The van der Waals surface area contributed by atoms with Crippen LogP contribution in [0.25, 0.3) is 0 Å². The number of hydrogen-bond donors (Lipinski definition) is 2. The van der Waals surface area contributed by atoms with Crippen molar-refractivity contribution in [2.75, 3.05) is 11.4 Å². The lowest BCUT2D eigenvalue weighted by Gasteiger charge is -2.25. The van der Waals surface area contributed by atoms with Crippen LogP contribution in [0.15, 0.2) is 24.3 Å². The van der Waals surface area contributed by atoms with E-state index in [1.165, 1.54) is 4.90 Å². The highest BCUT2D eigenvalue weighted by Crippen LogP contribution is 2.19. The molecule has 1 aromatic carbocycles. The first-order chi connectivity index (χ1) is 10.3. The molecule has 0 aliphatic rings. The smallest absolute Gasteiger partial charge is 0.308 e. The summed E-state index contributed by atoms with van der Waals surface area (Å²) in [6.07, 6.45) is 0.922. The second-order valence-electron chi connectivity index (χ2n) is 5.23. The Bertz CT molecular complexity index is 538. The Morgan fingerprint density at radius 3 is 2.18 bits per heavy atom. The molecule has 1 rings (SSSR count). The fraction of sp³-hybridized carbons (Fsp3) is 0.438. The molecule has 0 saturated heterocycles. The van der Waals surface area contributed by atoms with Crippen molar-refractivity contribution < 1.29 is 24.6 Å². The average Bonchev–Trinajstić information content (AvgIpc) is 2.45. The first kappa shape index (κ1) is 17.7. The van der Waals surface area contributed by atoms with Gasteiger partial charge in [0.05, 0.1) is 12.3 Å². The fourth-order valence-electron chi connectivity index (χ4n) is 2.02. The Morgan fingerprint density at radius 2 is 1.73 bits per heavy atom. The number of amides is 1. The van der Waals surface area contributed by atoms with E-state index in [9.17, 15) is 14.4 Å². The summed E-state index contributed by atoms with van der Waals surface area (Å²) in [5.74, 6) is -2.70. The van der Waals surface area contributed by atoms with Crippen LogP contribution in [0.4, 0.5) is 5.69 Å². The first-order valence-electron chi connectivity index (χ1n) is 7.19. The third-order valence-corrected chi connectivity index (χ3v) is 3.25. The van der Waals surface area contributed by atoms with Gasteiger partial charge in [0.2, 0.25) is 5.91 Å².